The first-order valence-corrected chi connectivity index (χ1v) is 9.01. The Morgan fingerprint density at radius 3 is 2.50 bits per heavy atom. The number of aryl methyl sites for hydroxylation is 1. The van der Waals surface area contributed by atoms with Gasteiger partial charge in [-0.3, -0.25) is 9.69 Å². The number of ether oxygens (including phenoxy) is 1. The lowest BCUT2D eigenvalue weighted by atomic mass is 10.0. The smallest absolute Gasteiger partial charge is 0.257 e. The number of hydrogen-bond acceptors (Lipinski definition) is 5. The van der Waals surface area contributed by atoms with Gasteiger partial charge >= 0.3 is 0 Å². The molecule has 6 heteroatoms. The molecule has 0 bridgehead atoms. The van der Waals surface area contributed by atoms with E-state index in [9.17, 15) is 4.79 Å². The highest BCUT2D eigenvalue weighted by molar-refractivity contribution is 5.95. The van der Waals surface area contributed by atoms with Crippen LogP contribution in [0.3, 0.4) is 0 Å². The highest BCUT2D eigenvalue weighted by Gasteiger charge is 2.29. The van der Waals surface area contributed by atoms with Crippen molar-refractivity contribution in [2.45, 2.75) is 45.6 Å². The fourth-order valence-electron chi connectivity index (χ4n) is 3.60. The van der Waals surface area contributed by atoms with Gasteiger partial charge in [0.15, 0.2) is 0 Å². The molecule has 0 saturated carbocycles. The maximum atomic E-state index is 12.9. The van der Waals surface area contributed by atoms with Crippen molar-refractivity contribution in [3.8, 4) is 0 Å². The van der Waals surface area contributed by atoms with E-state index in [1.165, 1.54) is 0 Å². The number of amides is 1. The second-order valence-electron chi connectivity index (χ2n) is 7.04. The molecule has 0 spiro atoms. The molecule has 1 amide bonds. The van der Waals surface area contributed by atoms with Crippen molar-refractivity contribution in [1.82, 2.24) is 19.8 Å². The van der Waals surface area contributed by atoms with E-state index in [1.807, 2.05) is 11.8 Å². The highest BCUT2D eigenvalue weighted by atomic mass is 16.5. The van der Waals surface area contributed by atoms with Crippen LogP contribution in [-0.2, 0) is 4.74 Å². The maximum absolute atomic E-state index is 12.9. The Bertz CT molecular complexity index is 576. The van der Waals surface area contributed by atoms with E-state index in [-0.39, 0.29) is 11.8 Å². The molecule has 0 aliphatic carbocycles. The summed E-state index contributed by atoms with van der Waals surface area (Å²) in [5, 5.41) is 0. The molecule has 2 fully saturated rings. The monoisotopic (exact) mass is 332 g/mol. The van der Waals surface area contributed by atoms with E-state index in [0.717, 1.165) is 63.8 Å². The number of rotatable bonds is 3. The molecule has 0 atom stereocenters. The first-order valence-electron chi connectivity index (χ1n) is 9.01. The van der Waals surface area contributed by atoms with Crippen LogP contribution in [0.4, 0.5) is 0 Å². The van der Waals surface area contributed by atoms with Crippen molar-refractivity contribution in [3.63, 3.8) is 0 Å². The molecule has 3 heterocycles. The number of carbonyl (C=O) groups is 1. The van der Waals surface area contributed by atoms with Crippen LogP contribution in [0.5, 0.6) is 0 Å². The van der Waals surface area contributed by atoms with Crippen LogP contribution in [0.1, 0.15) is 54.5 Å². The number of carbonyl (C=O) groups excluding carboxylic acids is 1. The summed E-state index contributed by atoms with van der Waals surface area (Å²) >= 11 is 0. The molecule has 2 aliphatic heterocycles. The maximum Gasteiger partial charge on any atom is 0.257 e. The number of piperazine rings is 1. The quantitative estimate of drug-likeness (QED) is 0.845. The molecule has 6 nitrogen and oxygen atoms in total. The molecule has 0 N–H and O–H groups in total. The number of nitrogens with zero attached hydrogens (tertiary/aromatic N) is 4. The van der Waals surface area contributed by atoms with Crippen LogP contribution in [0.15, 0.2) is 6.20 Å². The molecular weight excluding hydrogens is 304 g/mol. The lowest BCUT2D eigenvalue weighted by Gasteiger charge is -2.40. The van der Waals surface area contributed by atoms with Crippen LogP contribution in [0.2, 0.25) is 0 Å². The summed E-state index contributed by atoms with van der Waals surface area (Å²) in [4.78, 5) is 26.1. The average Bonchev–Trinajstić information content (AvgIpc) is 2.62. The second kappa shape index (κ2) is 7.57. The Balaban J connectivity index is 1.65. The van der Waals surface area contributed by atoms with Crippen LogP contribution in [0, 0.1) is 6.92 Å². The van der Waals surface area contributed by atoms with Gasteiger partial charge in [-0.15, -0.1) is 0 Å². The van der Waals surface area contributed by atoms with Gasteiger partial charge in [-0.2, -0.15) is 0 Å². The minimum absolute atomic E-state index is 0.0744. The predicted molar refractivity (Wildman–Crippen MR) is 92.2 cm³/mol. The summed E-state index contributed by atoms with van der Waals surface area (Å²) in [6.07, 6.45) is 3.92. The largest absolute Gasteiger partial charge is 0.381 e. The Kier molecular flexibility index (Phi) is 5.46. The topological polar surface area (TPSA) is 58.6 Å². The third kappa shape index (κ3) is 3.75. The van der Waals surface area contributed by atoms with E-state index in [0.29, 0.717) is 11.6 Å². The molecule has 0 aromatic carbocycles. The van der Waals surface area contributed by atoms with Gasteiger partial charge < -0.3 is 9.64 Å². The van der Waals surface area contributed by atoms with Crippen molar-refractivity contribution in [2.75, 3.05) is 39.4 Å². The van der Waals surface area contributed by atoms with E-state index in [2.05, 4.69) is 28.7 Å². The third-order valence-corrected chi connectivity index (χ3v) is 5.02. The fourth-order valence-corrected chi connectivity index (χ4v) is 3.60. The van der Waals surface area contributed by atoms with Gasteiger partial charge in [0.05, 0.1) is 11.3 Å². The lowest BCUT2D eigenvalue weighted by molar-refractivity contribution is 0.0137. The molecule has 1 aromatic heterocycles. The van der Waals surface area contributed by atoms with Crippen molar-refractivity contribution in [2.24, 2.45) is 0 Å². The van der Waals surface area contributed by atoms with Gasteiger partial charge in [-0.05, 0) is 25.7 Å². The zero-order valence-electron chi connectivity index (χ0n) is 15.0. The summed E-state index contributed by atoms with van der Waals surface area (Å²) in [5.74, 6) is 1.01. The minimum Gasteiger partial charge on any atom is -0.381 e. The predicted octanol–water partition coefficient (Wildman–Crippen LogP) is 1.85. The normalized spacial score (nSPS) is 20.6. The average molecular weight is 332 g/mol. The fraction of sp³-hybridized carbons (Fsp3) is 0.722. The van der Waals surface area contributed by atoms with Gasteiger partial charge in [0.25, 0.3) is 5.91 Å². The summed E-state index contributed by atoms with van der Waals surface area (Å²) in [6.45, 7) is 11.2. The van der Waals surface area contributed by atoms with Gasteiger partial charge in [0.1, 0.15) is 5.82 Å². The van der Waals surface area contributed by atoms with E-state index in [4.69, 9.17) is 4.74 Å². The zero-order valence-corrected chi connectivity index (χ0v) is 15.0. The standard InChI is InChI=1S/C18H28N4O2/c1-13(2)17-16(12-19-14(3)20-17)18(23)22-8-6-21(7-9-22)15-4-10-24-11-5-15/h12-13,15H,4-11H2,1-3H3. The summed E-state index contributed by atoms with van der Waals surface area (Å²) in [7, 11) is 0. The summed E-state index contributed by atoms with van der Waals surface area (Å²) < 4.78 is 5.45. The molecule has 2 saturated heterocycles. The molecule has 1 aromatic rings. The second-order valence-corrected chi connectivity index (χ2v) is 7.04. The lowest BCUT2D eigenvalue weighted by Crippen LogP contribution is -2.53. The highest BCUT2D eigenvalue weighted by Crippen LogP contribution is 2.21. The van der Waals surface area contributed by atoms with Crippen molar-refractivity contribution in [1.29, 1.82) is 0 Å². The molecule has 0 radical (unpaired) electrons. The van der Waals surface area contributed by atoms with Gasteiger partial charge in [0, 0.05) is 51.6 Å². The first-order chi connectivity index (χ1) is 11.6. The van der Waals surface area contributed by atoms with E-state index >= 15 is 0 Å². The third-order valence-electron chi connectivity index (χ3n) is 5.02. The number of aromatic nitrogens is 2. The van der Waals surface area contributed by atoms with Crippen LogP contribution < -0.4 is 0 Å². The molecule has 132 valence electrons. The Morgan fingerprint density at radius 2 is 1.88 bits per heavy atom. The SMILES string of the molecule is Cc1ncc(C(=O)N2CCN(C3CCOCC3)CC2)c(C(C)C)n1. The Labute approximate surface area is 144 Å². The molecular formula is C18H28N4O2. The van der Waals surface area contributed by atoms with Gasteiger partial charge in [-0.25, -0.2) is 9.97 Å². The van der Waals surface area contributed by atoms with Crippen molar-refractivity contribution in [3.05, 3.63) is 23.3 Å². The minimum atomic E-state index is 0.0744. The van der Waals surface area contributed by atoms with E-state index < -0.39 is 0 Å². The van der Waals surface area contributed by atoms with Crippen LogP contribution in [0.25, 0.3) is 0 Å². The van der Waals surface area contributed by atoms with Crippen molar-refractivity contribution >= 4 is 5.91 Å². The van der Waals surface area contributed by atoms with Gasteiger partial charge in [-0.1, -0.05) is 13.8 Å². The Hall–Kier alpha value is -1.53. The van der Waals surface area contributed by atoms with Crippen molar-refractivity contribution < 1.29 is 9.53 Å². The van der Waals surface area contributed by atoms with Crippen LogP contribution in [-0.4, -0.2) is 71.1 Å². The Morgan fingerprint density at radius 1 is 1.21 bits per heavy atom. The van der Waals surface area contributed by atoms with Crippen LogP contribution >= 0.6 is 0 Å². The van der Waals surface area contributed by atoms with Gasteiger partial charge in [0.2, 0.25) is 0 Å². The summed E-state index contributed by atoms with van der Waals surface area (Å²) in [5.41, 5.74) is 1.52. The molecule has 24 heavy (non-hydrogen) atoms. The number of hydrogen-bond donors (Lipinski definition) is 0. The summed E-state index contributed by atoms with van der Waals surface area (Å²) in [6, 6.07) is 0.616. The first kappa shape index (κ1) is 17.3. The molecule has 3 rings (SSSR count). The van der Waals surface area contributed by atoms with E-state index in [1.54, 1.807) is 6.20 Å². The molecule has 2 aliphatic rings. The zero-order chi connectivity index (χ0) is 17.1. The molecule has 0 unspecified atom stereocenters.